The van der Waals surface area contributed by atoms with Crippen LogP contribution in [0.5, 0.6) is 11.5 Å². The molecule has 166 valence electrons. The van der Waals surface area contributed by atoms with Gasteiger partial charge in [0.2, 0.25) is 5.91 Å². The Bertz CT molecular complexity index is 1280. The second-order valence-electron chi connectivity index (χ2n) is 7.43. The van der Waals surface area contributed by atoms with E-state index in [1.54, 1.807) is 37.6 Å². The molecular weight excluding hydrogens is 419 g/mol. The van der Waals surface area contributed by atoms with Crippen LogP contribution in [-0.2, 0) is 17.8 Å². The summed E-state index contributed by atoms with van der Waals surface area (Å²) in [5.74, 6) is 0.597. The highest BCUT2D eigenvalue weighted by Gasteiger charge is 2.08. The van der Waals surface area contributed by atoms with Crippen molar-refractivity contribution in [3.63, 3.8) is 0 Å². The zero-order valence-electron chi connectivity index (χ0n) is 18.1. The van der Waals surface area contributed by atoms with Crippen LogP contribution < -0.4 is 14.9 Å². The molecule has 5 nitrogen and oxygen atoms in total. The van der Waals surface area contributed by atoms with Crippen molar-refractivity contribution in [3.8, 4) is 11.5 Å². The third kappa shape index (κ3) is 5.74. The minimum atomic E-state index is -0.288. The smallest absolute Gasteiger partial charge is 0.244 e. The summed E-state index contributed by atoms with van der Waals surface area (Å²) in [5.41, 5.74) is 5.11. The van der Waals surface area contributed by atoms with E-state index in [-0.39, 0.29) is 24.8 Å². The van der Waals surface area contributed by atoms with Crippen molar-refractivity contribution in [1.82, 2.24) is 5.43 Å². The SMILES string of the molecule is COc1cc(/C=N\NC(=O)Cc2cccc3ccccc23)ccc1OCc1ccc(F)cc1. The number of methoxy groups -OCH3 is 1. The third-order valence-electron chi connectivity index (χ3n) is 5.13. The highest BCUT2D eigenvalue weighted by atomic mass is 19.1. The van der Waals surface area contributed by atoms with Crippen LogP contribution in [-0.4, -0.2) is 19.2 Å². The second-order valence-corrected chi connectivity index (χ2v) is 7.43. The molecule has 0 saturated heterocycles. The highest BCUT2D eigenvalue weighted by Crippen LogP contribution is 2.28. The van der Waals surface area contributed by atoms with Gasteiger partial charge < -0.3 is 9.47 Å². The van der Waals surface area contributed by atoms with Gasteiger partial charge in [-0.2, -0.15) is 5.10 Å². The highest BCUT2D eigenvalue weighted by molar-refractivity contribution is 5.90. The molecule has 4 aromatic rings. The molecule has 0 aliphatic carbocycles. The van der Waals surface area contributed by atoms with Gasteiger partial charge in [0.15, 0.2) is 11.5 Å². The fourth-order valence-corrected chi connectivity index (χ4v) is 3.46. The van der Waals surface area contributed by atoms with E-state index in [0.29, 0.717) is 11.5 Å². The van der Waals surface area contributed by atoms with E-state index in [2.05, 4.69) is 10.5 Å². The molecule has 33 heavy (non-hydrogen) atoms. The molecule has 1 N–H and O–H groups in total. The van der Waals surface area contributed by atoms with Gasteiger partial charge in [0, 0.05) is 0 Å². The molecule has 0 fully saturated rings. The molecule has 0 spiro atoms. The standard InChI is InChI=1S/C27H23FN2O3/c1-32-26-15-20(11-14-25(26)33-18-19-9-12-23(28)13-10-19)17-29-30-27(31)16-22-7-4-6-21-5-2-3-8-24(21)22/h2-15,17H,16,18H2,1H3,(H,30,31)/b29-17-. The quantitative estimate of drug-likeness (QED) is 0.299. The summed E-state index contributed by atoms with van der Waals surface area (Å²) in [5, 5.41) is 6.22. The lowest BCUT2D eigenvalue weighted by molar-refractivity contribution is -0.120. The number of carbonyl (C=O) groups excluding carboxylic acids is 1. The maximum absolute atomic E-state index is 13.0. The summed E-state index contributed by atoms with van der Waals surface area (Å²) in [6.45, 7) is 0.286. The van der Waals surface area contributed by atoms with Crippen molar-refractivity contribution in [1.29, 1.82) is 0 Å². The first-order valence-corrected chi connectivity index (χ1v) is 10.5. The second kappa shape index (κ2) is 10.4. The zero-order valence-corrected chi connectivity index (χ0v) is 18.1. The Morgan fingerprint density at radius 2 is 1.76 bits per heavy atom. The third-order valence-corrected chi connectivity index (χ3v) is 5.13. The van der Waals surface area contributed by atoms with E-state index in [1.165, 1.54) is 12.1 Å². The topological polar surface area (TPSA) is 59.9 Å². The lowest BCUT2D eigenvalue weighted by Crippen LogP contribution is -2.19. The molecule has 4 aromatic carbocycles. The number of benzene rings is 4. The number of rotatable bonds is 8. The largest absolute Gasteiger partial charge is 0.493 e. The Labute approximate surface area is 191 Å². The Balaban J connectivity index is 1.36. The van der Waals surface area contributed by atoms with Crippen LogP contribution >= 0.6 is 0 Å². The first-order valence-electron chi connectivity index (χ1n) is 10.5. The Morgan fingerprint density at radius 1 is 0.970 bits per heavy atom. The summed E-state index contributed by atoms with van der Waals surface area (Å²) < 4.78 is 24.2. The maximum Gasteiger partial charge on any atom is 0.244 e. The number of hydrogen-bond acceptors (Lipinski definition) is 4. The number of nitrogens with one attached hydrogen (secondary N) is 1. The summed E-state index contributed by atoms with van der Waals surface area (Å²) >= 11 is 0. The van der Waals surface area contributed by atoms with Gasteiger partial charge in [-0.15, -0.1) is 0 Å². The van der Waals surface area contributed by atoms with E-state index in [9.17, 15) is 9.18 Å². The van der Waals surface area contributed by atoms with Gasteiger partial charge in [0.05, 0.1) is 19.7 Å². The zero-order chi connectivity index (χ0) is 23.0. The number of fused-ring (bicyclic) bond motifs is 1. The predicted octanol–water partition coefficient (Wildman–Crippen LogP) is 5.26. The summed E-state index contributed by atoms with van der Waals surface area (Å²) in [7, 11) is 1.55. The molecular formula is C27H23FN2O3. The van der Waals surface area contributed by atoms with E-state index in [0.717, 1.165) is 27.5 Å². The van der Waals surface area contributed by atoms with Crippen LogP contribution in [0.4, 0.5) is 4.39 Å². The summed E-state index contributed by atoms with van der Waals surface area (Å²) in [6, 6.07) is 25.3. The fraction of sp³-hybridized carbons (Fsp3) is 0.111. The van der Waals surface area contributed by atoms with Crippen molar-refractivity contribution in [2.24, 2.45) is 5.10 Å². The molecule has 4 rings (SSSR count). The van der Waals surface area contributed by atoms with Gasteiger partial charge in [-0.1, -0.05) is 54.6 Å². The van der Waals surface area contributed by atoms with Crippen LogP contribution in [0.3, 0.4) is 0 Å². The van der Waals surface area contributed by atoms with E-state index < -0.39 is 0 Å². The number of hydrogen-bond donors (Lipinski definition) is 1. The van der Waals surface area contributed by atoms with Gasteiger partial charge in [-0.25, -0.2) is 9.82 Å². The van der Waals surface area contributed by atoms with E-state index >= 15 is 0 Å². The summed E-state index contributed by atoms with van der Waals surface area (Å²) in [4.78, 5) is 12.4. The number of nitrogens with zero attached hydrogens (tertiary/aromatic N) is 1. The van der Waals surface area contributed by atoms with Crippen LogP contribution in [0.1, 0.15) is 16.7 Å². The van der Waals surface area contributed by atoms with E-state index in [1.807, 2.05) is 48.5 Å². The predicted molar refractivity (Wildman–Crippen MR) is 127 cm³/mol. The minimum absolute atomic E-state index is 0.200. The van der Waals surface area contributed by atoms with Crippen molar-refractivity contribution in [2.45, 2.75) is 13.0 Å². The van der Waals surface area contributed by atoms with Crippen LogP contribution in [0.25, 0.3) is 10.8 Å². The Hall–Kier alpha value is -4.19. The van der Waals surface area contributed by atoms with E-state index in [4.69, 9.17) is 9.47 Å². The Morgan fingerprint density at radius 3 is 2.58 bits per heavy atom. The van der Waals surface area contributed by atoms with Crippen molar-refractivity contribution < 1.29 is 18.7 Å². The average Bonchev–Trinajstić information content (AvgIpc) is 2.84. The van der Waals surface area contributed by atoms with Gasteiger partial charge in [-0.05, 0) is 57.8 Å². The number of carbonyl (C=O) groups is 1. The lowest BCUT2D eigenvalue weighted by Gasteiger charge is -2.11. The molecule has 0 heterocycles. The molecule has 0 unspecified atom stereocenters. The minimum Gasteiger partial charge on any atom is -0.493 e. The maximum atomic E-state index is 13.0. The number of halogens is 1. The van der Waals surface area contributed by atoms with Gasteiger partial charge in [0.1, 0.15) is 12.4 Å². The van der Waals surface area contributed by atoms with Gasteiger partial charge >= 0.3 is 0 Å². The molecule has 0 bridgehead atoms. The molecule has 0 radical (unpaired) electrons. The number of hydrazone groups is 1. The van der Waals surface area contributed by atoms with Gasteiger partial charge in [0.25, 0.3) is 0 Å². The molecule has 0 aliphatic rings. The molecule has 0 atom stereocenters. The van der Waals surface area contributed by atoms with Crippen LogP contribution in [0, 0.1) is 5.82 Å². The van der Waals surface area contributed by atoms with Crippen molar-refractivity contribution >= 4 is 22.9 Å². The number of ether oxygens (including phenoxy) is 2. The van der Waals surface area contributed by atoms with Crippen molar-refractivity contribution in [2.75, 3.05) is 7.11 Å². The monoisotopic (exact) mass is 442 g/mol. The molecule has 0 aromatic heterocycles. The normalized spacial score (nSPS) is 11.0. The van der Waals surface area contributed by atoms with Crippen LogP contribution in [0.2, 0.25) is 0 Å². The molecule has 0 aliphatic heterocycles. The average molecular weight is 442 g/mol. The molecule has 1 amide bonds. The first-order chi connectivity index (χ1) is 16.1. The fourth-order valence-electron chi connectivity index (χ4n) is 3.46. The number of amides is 1. The van der Waals surface area contributed by atoms with Gasteiger partial charge in [-0.3, -0.25) is 4.79 Å². The summed E-state index contributed by atoms with van der Waals surface area (Å²) in [6.07, 6.45) is 1.78. The molecule has 6 heteroatoms. The van der Waals surface area contributed by atoms with Crippen molar-refractivity contribution in [3.05, 3.63) is 107 Å². The first kappa shape index (κ1) is 22.0. The Kier molecular flexibility index (Phi) is 6.95. The molecule has 0 saturated carbocycles. The lowest BCUT2D eigenvalue weighted by atomic mass is 10.0. The van der Waals surface area contributed by atoms with Crippen LogP contribution in [0.15, 0.2) is 90.0 Å².